The van der Waals surface area contributed by atoms with Gasteiger partial charge in [-0.05, 0) is 25.1 Å². The first-order valence-electron chi connectivity index (χ1n) is 6.27. The van der Waals surface area contributed by atoms with E-state index in [-0.39, 0.29) is 12.1 Å². The van der Waals surface area contributed by atoms with E-state index in [1.165, 1.54) is 12.1 Å². The zero-order valence-electron chi connectivity index (χ0n) is 10.2. The van der Waals surface area contributed by atoms with Gasteiger partial charge in [-0.2, -0.15) is 13.2 Å². The molecule has 3 rings (SSSR count). The van der Waals surface area contributed by atoms with E-state index in [9.17, 15) is 13.2 Å². The molecule has 6 heteroatoms. The lowest BCUT2D eigenvalue weighted by atomic mass is 10.0. The van der Waals surface area contributed by atoms with Crippen LogP contribution in [0.5, 0.6) is 0 Å². The maximum atomic E-state index is 12.5. The Kier molecular flexibility index (Phi) is 2.97. The maximum absolute atomic E-state index is 12.5. The van der Waals surface area contributed by atoms with Crippen molar-refractivity contribution in [3.05, 3.63) is 35.4 Å². The van der Waals surface area contributed by atoms with Crippen molar-refractivity contribution in [2.75, 3.05) is 13.1 Å². The normalized spacial score (nSPS) is 26.6. The summed E-state index contributed by atoms with van der Waals surface area (Å²) < 4.78 is 37.5. The summed E-state index contributed by atoms with van der Waals surface area (Å²) in [6.45, 7) is 1.78. The molecule has 0 aliphatic carbocycles. The summed E-state index contributed by atoms with van der Waals surface area (Å²) in [5, 5.41) is 6.55. The van der Waals surface area contributed by atoms with E-state index in [0.29, 0.717) is 11.4 Å². The van der Waals surface area contributed by atoms with Gasteiger partial charge in [-0.3, -0.25) is 4.99 Å². The van der Waals surface area contributed by atoms with Crippen LogP contribution < -0.4 is 10.6 Å². The second-order valence-electron chi connectivity index (χ2n) is 4.86. The van der Waals surface area contributed by atoms with Crippen LogP contribution in [0.25, 0.3) is 0 Å². The fraction of sp³-hybridized carbons (Fsp3) is 0.462. The Bertz CT molecular complexity index is 493. The Morgan fingerprint density at radius 3 is 2.53 bits per heavy atom. The number of nitrogens with one attached hydrogen (secondary N) is 2. The number of piperidine rings is 1. The van der Waals surface area contributed by atoms with Gasteiger partial charge in [0, 0.05) is 12.1 Å². The first-order valence-corrected chi connectivity index (χ1v) is 6.27. The molecule has 1 aromatic carbocycles. The number of hydrogen-bond acceptors (Lipinski definition) is 3. The van der Waals surface area contributed by atoms with Crippen molar-refractivity contribution in [3.63, 3.8) is 0 Å². The lowest BCUT2D eigenvalue weighted by molar-refractivity contribution is -0.137. The quantitative estimate of drug-likeness (QED) is 0.815. The van der Waals surface area contributed by atoms with Crippen molar-refractivity contribution in [1.29, 1.82) is 0 Å². The lowest BCUT2D eigenvalue weighted by Gasteiger charge is -2.24. The third kappa shape index (κ3) is 2.45. The molecule has 2 N–H and O–H groups in total. The van der Waals surface area contributed by atoms with E-state index in [0.717, 1.165) is 31.6 Å². The summed E-state index contributed by atoms with van der Waals surface area (Å²) >= 11 is 0. The molecule has 0 radical (unpaired) electrons. The van der Waals surface area contributed by atoms with Crippen molar-refractivity contribution in [1.82, 2.24) is 10.6 Å². The molecule has 2 aliphatic rings. The van der Waals surface area contributed by atoms with Crippen LogP contribution in [-0.4, -0.2) is 31.0 Å². The Morgan fingerprint density at radius 2 is 1.89 bits per heavy atom. The molecular formula is C13H14F3N3. The van der Waals surface area contributed by atoms with Crippen molar-refractivity contribution >= 4 is 5.84 Å². The first-order chi connectivity index (χ1) is 9.04. The summed E-state index contributed by atoms with van der Waals surface area (Å²) in [5.41, 5.74) is 0.0799. The zero-order chi connectivity index (χ0) is 13.5. The molecule has 0 aromatic heterocycles. The fourth-order valence-electron chi connectivity index (χ4n) is 2.50. The number of halogens is 3. The summed E-state index contributed by atoms with van der Waals surface area (Å²) in [4.78, 5) is 4.56. The number of alkyl halides is 3. The average molecular weight is 269 g/mol. The smallest absolute Gasteiger partial charge is 0.364 e. The molecule has 2 heterocycles. The number of hydrogen-bond donors (Lipinski definition) is 2. The van der Waals surface area contributed by atoms with E-state index < -0.39 is 11.7 Å². The topological polar surface area (TPSA) is 36.4 Å². The number of amidine groups is 1. The molecule has 1 fully saturated rings. The zero-order valence-corrected chi connectivity index (χ0v) is 10.2. The molecule has 0 spiro atoms. The Hall–Kier alpha value is -1.56. The van der Waals surface area contributed by atoms with Crippen molar-refractivity contribution < 1.29 is 13.2 Å². The van der Waals surface area contributed by atoms with Crippen molar-refractivity contribution in [3.8, 4) is 0 Å². The van der Waals surface area contributed by atoms with E-state index in [2.05, 4.69) is 15.6 Å². The minimum Gasteiger partial charge on any atom is -0.364 e. The van der Waals surface area contributed by atoms with Gasteiger partial charge in [0.05, 0.1) is 17.6 Å². The standard InChI is InChI=1S/C13H14F3N3/c14-13(15,16)9-3-1-8(2-4-9)12-18-10-5-6-17-7-11(10)19-12/h1-4,10-11,17H,5-7H2,(H,18,19). The predicted octanol–water partition coefficient (Wildman–Crippen LogP) is 1.79. The molecule has 0 amide bonds. The fourth-order valence-corrected chi connectivity index (χ4v) is 2.50. The molecule has 0 bridgehead atoms. The van der Waals surface area contributed by atoms with Gasteiger partial charge in [-0.1, -0.05) is 12.1 Å². The van der Waals surface area contributed by atoms with Gasteiger partial charge in [0.2, 0.25) is 0 Å². The summed E-state index contributed by atoms with van der Waals surface area (Å²) in [6.07, 6.45) is -3.33. The third-order valence-corrected chi connectivity index (χ3v) is 3.55. The first kappa shape index (κ1) is 12.5. The van der Waals surface area contributed by atoms with E-state index in [1.54, 1.807) is 0 Å². The highest BCUT2D eigenvalue weighted by Crippen LogP contribution is 2.29. The van der Waals surface area contributed by atoms with Crippen LogP contribution >= 0.6 is 0 Å². The highest BCUT2D eigenvalue weighted by atomic mass is 19.4. The van der Waals surface area contributed by atoms with Gasteiger partial charge in [0.1, 0.15) is 5.84 Å². The number of rotatable bonds is 1. The van der Waals surface area contributed by atoms with Crippen LogP contribution in [0, 0.1) is 0 Å². The number of benzene rings is 1. The van der Waals surface area contributed by atoms with Crippen LogP contribution in [0.3, 0.4) is 0 Å². The van der Waals surface area contributed by atoms with E-state index >= 15 is 0 Å². The molecule has 2 unspecified atom stereocenters. The Balaban J connectivity index is 1.80. The highest BCUT2D eigenvalue weighted by Gasteiger charge is 2.32. The molecule has 1 saturated heterocycles. The Morgan fingerprint density at radius 1 is 1.16 bits per heavy atom. The summed E-state index contributed by atoms with van der Waals surface area (Å²) in [7, 11) is 0. The molecular weight excluding hydrogens is 255 g/mol. The predicted molar refractivity (Wildman–Crippen MR) is 66.2 cm³/mol. The van der Waals surface area contributed by atoms with E-state index in [4.69, 9.17) is 0 Å². The minimum atomic E-state index is -4.29. The molecule has 19 heavy (non-hydrogen) atoms. The van der Waals surface area contributed by atoms with Crippen LogP contribution in [0.4, 0.5) is 13.2 Å². The lowest BCUT2D eigenvalue weighted by Crippen LogP contribution is -2.48. The highest BCUT2D eigenvalue weighted by molar-refractivity contribution is 6.00. The number of nitrogens with zero attached hydrogens (tertiary/aromatic N) is 1. The molecule has 0 saturated carbocycles. The molecule has 3 nitrogen and oxygen atoms in total. The van der Waals surface area contributed by atoms with Gasteiger partial charge in [-0.25, -0.2) is 0 Å². The Labute approximate surface area is 108 Å². The van der Waals surface area contributed by atoms with Gasteiger partial charge in [-0.15, -0.1) is 0 Å². The van der Waals surface area contributed by atoms with E-state index in [1.807, 2.05) is 0 Å². The van der Waals surface area contributed by atoms with Crippen LogP contribution in [0.1, 0.15) is 17.5 Å². The number of fused-ring (bicyclic) bond motifs is 1. The molecule has 102 valence electrons. The SMILES string of the molecule is FC(F)(F)c1ccc(C2=NC3CCNCC3N2)cc1. The van der Waals surface area contributed by atoms with Gasteiger partial charge in [0.15, 0.2) is 0 Å². The molecule has 2 atom stereocenters. The van der Waals surface area contributed by atoms with Gasteiger partial charge < -0.3 is 10.6 Å². The second-order valence-corrected chi connectivity index (χ2v) is 4.86. The summed E-state index contributed by atoms with van der Waals surface area (Å²) in [6, 6.07) is 5.63. The van der Waals surface area contributed by atoms with Gasteiger partial charge >= 0.3 is 6.18 Å². The minimum absolute atomic E-state index is 0.235. The van der Waals surface area contributed by atoms with Crippen molar-refractivity contribution in [2.24, 2.45) is 4.99 Å². The maximum Gasteiger partial charge on any atom is 0.416 e. The van der Waals surface area contributed by atoms with Crippen LogP contribution in [0.2, 0.25) is 0 Å². The van der Waals surface area contributed by atoms with Crippen LogP contribution in [0.15, 0.2) is 29.3 Å². The van der Waals surface area contributed by atoms with Crippen molar-refractivity contribution in [2.45, 2.75) is 24.7 Å². The molecule has 2 aliphatic heterocycles. The average Bonchev–Trinajstić information content (AvgIpc) is 2.81. The van der Waals surface area contributed by atoms with Crippen LogP contribution in [-0.2, 0) is 6.18 Å². The molecule has 1 aromatic rings. The number of aliphatic imine (C=N–C) groups is 1. The largest absolute Gasteiger partial charge is 0.416 e. The second kappa shape index (κ2) is 4.52. The monoisotopic (exact) mass is 269 g/mol. The third-order valence-electron chi connectivity index (χ3n) is 3.55. The summed E-state index contributed by atoms with van der Waals surface area (Å²) in [5.74, 6) is 0.701. The van der Waals surface area contributed by atoms with Gasteiger partial charge in [0.25, 0.3) is 0 Å².